The first-order valence-electron chi connectivity index (χ1n) is 34.7. The molecule has 472 valence electrons. The number of ether oxygens (including phenoxy) is 3. The van der Waals surface area contributed by atoms with E-state index < -0.39 is 6.10 Å². The Morgan fingerprint density at radius 2 is 0.482 bits per heavy atom. The fourth-order valence-electron chi connectivity index (χ4n) is 9.48. The highest BCUT2D eigenvalue weighted by atomic mass is 16.6. The second-order valence-electron chi connectivity index (χ2n) is 22.7. The number of hydrogen-bond donors (Lipinski definition) is 0. The summed E-state index contributed by atoms with van der Waals surface area (Å²) in [6, 6.07) is 0. The molecular formula is C77H128O6. The van der Waals surface area contributed by atoms with Crippen LogP contribution in [0.25, 0.3) is 0 Å². The molecular weight excluding hydrogens is 1020 g/mol. The molecule has 6 nitrogen and oxygen atoms in total. The molecule has 0 aliphatic carbocycles. The topological polar surface area (TPSA) is 78.9 Å². The van der Waals surface area contributed by atoms with Gasteiger partial charge in [0.25, 0.3) is 0 Å². The van der Waals surface area contributed by atoms with Gasteiger partial charge in [-0.2, -0.15) is 0 Å². The lowest BCUT2D eigenvalue weighted by molar-refractivity contribution is -0.167. The van der Waals surface area contributed by atoms with Crippen molar-refractivity contribution >= 4 is 17.9 Å². The summed E-state index contributed by atoms with van der Waals surface area (Å²) in [4.78, 5) is 38.4. The Balaban J connectivity index is 4.47. The molecule has 0 amide bonds. The van der Waals surface area contributed by atoms with Crippen molar-refractivity contribution in [2.45, 2.75) is 322 Å². The summed E-state index contributed by atoms with van der Waals surface area (Å²) in [5.74, 6) is -0.969. The number of carbonyl (C=O) groups is 3. The molecule has 0 spiro atoms. The lowest BCUT2D eigenvalue weighted by atomic mass is 10.0. The highest BCUT2D eigenvalue weighted by molar-refractivity contribution is 5.71. The summed E-state index contributed by atoms with van der Waals surface area (Å²) < 4.78 is 16.9. The van der Waals surface area contributed by atoms with Gasteiger partial charge in [-0.05, 0) is 116 Å². The highest BCUT2D eigenvalue weighted by Crippen LogP contribution is 2.17. The molecule has 0 aromatic carbocycles. The van der Waals surface area contributed by atoms with Crippen LogP contribution in [0.4, 0.5) is 0 Å². The minimum atomic E-state index is -0.812. The summed E-state index contributed by atoms with van der Waals surface area (Å²) >= 11 is 0. The highest BCUT2D eigenvalue weighted by Gasteiger charge is 2.19. The summed E-state index contributed by atoms with van der Waals surface area (Å²) in [7, 11) is 0. The monoisotopic (exact) mass is 1150 g/mol. The molecule has 1 unspecified atom stereocenters. The van der Waals surface area contributed by atoms with E-state index in [1.165, 1.54) is 141 Å². The molecule has 0 bridgehead atoms. The van der Waals surface area contributed by atoms with Crippen LogP contribution in [0, 0.1) is 0 Å². The number of carbonyl (C=O) groups excluding carboxylic acids is 3. The van der Waals surface area contributed by atoms with Gasteiger partial charge in [-0.15, -0.1) is 0 Å². The van der Waals surface area contributed by atoms with Crippen molar-refractivity contribution in [2.24, 2.45) is 0 Å². The van der Waals surface area contributed by atoms with Crippen molar-refractivity contribution in [3.05, 3.63) is 134 Å². The van der Waals surface area contributed by atoms with Gasteiger partial charge in [0.05, 0.1) is 0 Å². The first-order chi connectivity index (χ1) is 41.0. The second kappa shape index (κ2) is 70.0. The van der Waals surface area contributed by atoms with Crippen molar-refractivity contribution in [1.29, 1.82) is 0 Å². The van der Waals surface area contributed by atoms with Crippen molar-refractivity contribution in [3.63, 3.8) is 0 Å². The van der Waals surface area contributed by atoms with E-state index in [4.69, 9.17) is 14.2 Å². The van der Waals surface area contributed by atoms with Crippen molar-refractivity contribution in [1.82, 2.24) is 0 Å². The predicted molar refractivity (Wildman–Crippen MR) is 362 cm³/mol. The first kappa shape index (κ1) is 78.5. The fraction of sp³-hybridized carbons (Fsp3) is 0.675. The normalized spacial score (nSPS) is 13.0. The lowest BCUT2D eigenvalue weighted by Gasteiger charge is -2.18. The van der Waals surface area contributed by atoms with Gasteiger partial charge in [-0.1, -0.05) is 315 Å². The number of hydrogen-bond acceptors (Lipinski definition) is 6. The molecule has 0 aliphatic heterocycles. The summed E-state index contributed by atoms with van der Waals surface area (Å²) in [5, 5.41) is 0. The summed E-state index contributed by atoms with van der Waals surface area (Å²) in [5.41, 5.74) is 0. The van der Waals surface area contributed by atoms with Crippen LogP contribution < -0.4 is 0 Å². The van der Waals surface area contributed by atoms with E-state index in [1.807, 2.05) is 0 Å². The number of allylic oxidation sites excluding steroid dienone is 22. The van der Waals surface area contributed by atoms with Crippen LogP contribution in [0.1, 0.15) is 316 Å². The van der Waals surface area contributed by atoms with Gasteiger partial charge >= 0.3 is 17.9 Å². The van der Waals surface area contributed by atoms with E-state index in [1.54, 1.807) is 0 Å². The Morgan fingerprint density at radius 1 is 0.253 bits per heavy atom. The maximum absolute atomic E-state index is 12.9. The summed E-state index contributed by atoms with van der Waals surface area (Å²) in [6.07, 6.45) is 99.0. The third kappa shape index (κ3) is 68.2. The maximum Gasteiger partial charge on any atom is 0.306 e. The molecule has 0 saturated carbocycles. The SMILES string of the molecule is CC/C=C\C/C=C\C/C=C\C/C=C\C/C=C\C/C=C\C/C=C\C/C=C\C/C=C\CCCC(=O)OCC(COC(=O)CCCCCCC/C=C\C/C=C\CCCCCC)OC(=O)CCCCCCCCCCCCCCCCCCCCCC. The van der Waals surface area contributed by atoms with E-state index in [9.17, 15) is 14.4 Å². The van der Waals surface area contributed by atoms with E-state index >= 15 is 0 Å². The van der Waals surface area contributed by atoms with Gasteiger partial charge in [-0.25, -0.2) is 0 Å². The molecule has 0 aromatic heterocycles. The van der Waals surface area contributed by atoms with E-state index in [2.05, 4.69) is 154 Å². The predicted octanol–water partition coefficient (Wildman–Crippen LogP) is 24.1. The molecule has 0 radical (unpaired) electrons. The van der Waals surface area contributed by atoms with Crippen molar-refractivity contribution < 1.29 is 28.6 Å². The Morgan fingerprint density at radius 3 is 0.795 bits per heavy atom. The van der Waals surface area contributed by atoms with Crippen LogP contribution >= 0.6 is 0 Å². The zero-order valence-corrected chi connectivity index (χ0v) is 54.2. The smallest absolute Gasteiger partial charge is 0.306 e. The Labute approximate surface area is 513 Å². The van der Waals surface area contributed by atoms with Gasteiger partial charge in [0.15, 0.2) is 6.10 Å². The van der Waals surface area contributed by atoms with Crippen molar-refractivity contribution in [3.8, 4) is 0 Å². The Bertz CT molecular complexity index is 1750. The van der Waals surface area contributed by atoms with Gasteiger partial charge in [-0.3, -0.25) is 14.4 Å². The average molecular weight is 1150 g/mol. The minimum Gasteiger partial charge on any atom is -0.462 e. The standard InChI is InChI=1S/C77H128O6/c1-4-7-10-13-16-19-22-25-28-31-33-35-36-37-38-39-40-41-42-43-45-46-49-52-55-58-61-64-67-70-76(79)82-73-74(72-81-75(78)69-66-63-60-57-54-51-48-30-27-24-21-18-15-12-9-6-3)83-77(80)71-68-65-62-59-56-53-50-47-44-34-32-29-26-23-20-17-14-11-8-5-2/h7,10,16,19,21,24-25,28,30,33,35,37-38,40-41,43,45,48-49,52,58,61,74H,4-6,8-9,11-15,17-18,20,22-23,26-27,29,31-32,34,36,39,42,44,46-47,50-51,53-57,59-60,62-73H2,1-3H3/b10-7-,19-16-,24-21-,28-25-,35-33-,38-37-,41-40-,45-43-,48-30-,52-49-,61-58-. The zero-order chi connectivity index (χ0) is 59.9. The molecule has 6 heteroatoms. The number of rotatable bonds is 62. The minimum absolute atomic E-state index is 0.104. The molecule has 1 atom stereocenters. The van der Waals surface area contributed by atoms with Gasteiger partial charge < -0.3 is 14.2 Å². The third-order valence-electron chi connectivity index (χ3n) is 14.6. The van der Waals surface area contributed by atoms with E-state index in [-0.39, 0.29) is 37.5 Å². The van der Waals surface area contributed by atoms with Crippen LogP contribution in [0.2, 0.25) is 0 Å². The Kier molecular flexibility index (Phi) is 66.3. The molecule has 0 N–H and O–H groups in total. The average Bonchev–Trinajstić information content (AvgIpc) is 3.50. The zero-order valence-electron chi connectivity index (χ0n) is 54.2. The van der Waals surface area contributed by atoms with E-state index in [0.29, 0.717) is 19.3 Å². The number of unbranched alkanes of at least 4 members (excludes halogenated alkanes) is 29. The maximum atomic E-state index is 12.9. The third-order valence-corrected chi connectivity index (χ3v) is 14.6. The van der Waals surface area contributed by atoms with Crippen LogP contribution in [0.3, 0.4) is 0 Å². The van der Waals surface area contributed by atoms with Crippen LogP contribution in [-0.4, -0.2) is 37.2 Å². The van der Waals surface area contributed by atoms with Crippen LogP contribution in [-0.2, 0) is 28.6 Å². The molecule has 0 aliphatic rings. The molecule has 0 saturated heterocycles. The lowest BCUT2D eigenvalue weighted by Crippen LogP contribution is -2.30. The van der Waals surface area contributed by atoms with Crippen LogP contribution in [0.5, 0.6) is 0 Å². The quantitative estimate of drug-likeness (QED) is 0.0261. The first-order valence-corrected chi connectivity index (χ1v) is 34.7. The molecule has 0 rings (SSSR count). The number of esters is 3. The van der Waals surface area contributed by atoms with E-state index in [0.717, 1.165) is 128 Å². The molecule has 0 heterocycles. The molecule has 0 fully saturated rings. The Hall–Kier alpha value is -4.45. The summed E-state index contributed by atoms with van der Waals surface area (Å²) in [6.45, 7) is 6.48. The fourth-order valence-corrected chi connectivity index (χ4v) is 9.48. The van der Waals surface area contributed by atoms with Gasteiger partial charge in [0.1, 0.15) is 13.2 Å². The van der Waals surface area contributed by atoms with Crippen LogP contribution in [0.15, 0.2) is 134 Å². The van der Waals surface area contributed by atoms with Gasteiger partial charge in [0.2, 0.25) is 0 Å². The largest absolute Gasteiger partial charge is 0.462 e. The van der Waals surface area contributed by atoms with Gasteiger partial charge in [0, 0.05) is 19.3 Å². The molecule has 0 aromatic rings. The van der Waals surface area contributed by atoms with Crippen molar-refractivity contribution in [2.75, 3.05) is 13.2 Å². The molecule has 83 heavy (non-hydrogen) atoms. The second-order valence-corrected chi connectivity index (χ2v) is 22.7.